The van der Waals surface area contributed by atoms with Gasteiger partial charge in [-0.1, -0.05) is 30.3 Å². The first-order chi connectivity index (χ1) is 13.3. The van der Waals surface area contributed by atoms with Crippen LogP contribution in [0, 0.1) is 10.1 Å². The van der Waals surface area contributed by atoms with Crippen molar-refractivity contribution >= 4 is 23.5 Å². The summed E-state index contributed by atoms with van der Waals surface area (Å²) in [6, 6.07) is 12.6. The summed E-state index contributed by atoms with van der Waals surface area (Å²) in [4.78, 5) is 47.1. The zero-order valence-corrected chi connectivity index (χ0v) is 15.1. The van der Waals surface area contributed by atoms with E-state index in [4.69, 9.17) is 0 Å². The summed E-state index contributed by atoms with van der Waals surface area (Å²) in [6.45, 7) is 0.911. The predicted molar refractivity (Wildman–Crippen MR) is 99.5 cm³/mol. The molecule has 0 aliphatic carbocycles. The van der Waals surface area contributed by atoms with Crippen molar-refractivity contribution in [1.82, 2.24) is 10.2 Å². The Kier molecular flexibility index (Phi) is 6.80. The molecule has 0 bridgehead atoms. The minimum absolute atomic E-state index is 0.0865. The number of hydrogen-bond donors (Lipinski definition) is 2. The van der Waals surface area contributed by atoms with Gasteiger partial charge in [0.05, 0.1) is 11.6 Å². The van der Waals surface area contributed by atoms with Crippen molar-refractivity contribution in [3.8, 4) is 0 Å². The largest absolute Gasteiger partial charge is 0.480 e. The summed E-state index contributed by atoms with van der Waals surface area (Å²) in [5.41, 5.74) is 0.739. The van der Waals surface area contributed by atoms with Gasteiger partial charge in [0.15, 0.2) is 0 Å². The normalized spacial score (nSPS) is 11.3. The number of carboxylic acids is 1. The quantitative estimate of drug-likeness (QED) is 0.405. The Morgan fingerprint density at radius 3 is 2.21 bits per heavy atom. The lowest BCUT2D eigenvalue weighted by atomic mass is 10.0. The standard InChI is InChI=1S/C19H19N3O6/c1-13(23)21(17(19(25)26)11-14-5-3-2-4-6-14)12-20-18(24)15-7-9-16(10-8-15)22(27)28/h2-10,17H,11-12H2,1H3,(H,20,24)(H,25,26). The zero-order valence-electron chi connectivity index (χ0n) is 15.1. The average Bonchev–Trinajstić information content (AvgIpc) is 2.67. The molecule has 146 valence electrons. The number of amides is 2. The number of nitro benzene ring substituents is 1. The molecule has 9 heteroatoms. The summed E-state index contributed by atoms with van der Waals surface area (Å²) in [6.07, 6.45) is 0.0865. The zero-order chi connectivity index (χ0) is 20.7. The number of nitrogens with one attached hydrogen (secondary N) is 1. The van der Waals surface area contributed by atoms with Gasteiger partial charge in [-0.2, -0.15) is 0 Å². The van der Waals surface area contributed by atoms with E-state index in [9.17, 15) is 29.6 Å². The second-order valence-electron chi connectivity index (χ2n) is 6.00. The first kappa shape index (κ1) is 20.6. The van der Waals surface area contributed by atoms with Crippen LogP contribution in [0.2, 0.25) is 0 Å². The van der Waals surface area contributed by atoms with Crippen molar-refractivity contribution in [2.75, 3.05) is 6.67 Å². The van der Waals surface area contributed by atoms with Gasteiger partial charge in [0.1, 0.15) is 6.04 Å². The molecule has 0 heterocycles. The average molecular weight is 385 g/mol. The SMILES string of the molecule is CC(=O)N(CNC(=O)c1ccc([N+](=O)[O-])cc1)C(Cc1ccccc1)C(=O)O. The highest BCUT2D eigenvalue weighted by Crippen LogP contribution is 2.13. The van der Waals surface area contributed by atoms with Crippen molar-refractivity contribution in [3.63, 3.8) is 0 Å². The lowest BCUT2D eigenvalue weighted by Crippen LogP contribution is -2.50. The van der Waals surface area contributed by atoms with E-state index < -0.39 is 28.7 Å². The fourth-order valence-electron chi connectivity index (χ4n) is 2.60. The smallest absolute Gasteiger partial charge is 0.326 e. The molecule has 2 rings (SSSR count). The Bertz CT molecular complexity index is 867. The number of non-ortho nitro benzene ring substituents is 1. The molecule has 0 saturated heterocycles. The molecule has 0 radical (unpaired) electrons. The third-order valence-electron chi connectivity index (χ3n) is 4.09. The summed E-state index contributed by atoms with van der Waals surface area (Å²) in [5, 5.41) is 22.7. The van der Waals surface area contributed by atoms with Crippen LogP contribution in [0.3, 0.4) is 0 Å². The number of benzene rings is 2. The highest BCUT2D eigenvalue weighted by Gasteiger charge is 2.28. The van der Waals surface area contributed by atoms with E-state index in [1.165, 1.54) is 31.2 Å². The topological polar surface area (TPSA) is 130 Å². The van der Waals surface area contributed by atoms with E-state index in [-0.39, 0.29) is 24.3 Å². The Morgan fingerprint density at radius 1 is 1.11 bits per heavy atom. The van der Waals surface area contributed by atoms with Crippen LogP contribution in [-0.2, 0) is 16.0 Å². The van der Waals surface area contributed by atoms with Gasteiger partial charge in [-0.05, 0) is 17.7 Å². The molecule has 0 aliphatic rings. The van der Waals surface area contributed by atoms with E-state index >= 15 is 0 Å². The lowest BCUT2D eigenvalue weighted by molar-refractivity contribution is -0.384. The van der Waals surface area contributed by atoms with Gasteiger partial charge in [-0.3, -0.25) is 19.7 Å². The van der Waals surface area contributed by atoms with Crippen LogP contribution in [0.25, 0.3) is 0 Å². The molecular weight excluding hydrogens is 366 g/mol. The van der Waals surface area contributed by atoms with Crippen LogP contribution >= 0.6 is 0 Å². The maximum absolute atomic E-state index is 12.2. The molecule has 2 aromatic rings. The number of carboxylic acid groups (broad SMARTS) is 1. The van der Waals surface area contributed by atoms with E-state index in [1.54, 1.807) is 30.3 Å². The first-order valence-corrected chi connectivity index (χ1v) is 8.36. The fourth-order valence-corrected chi connectivity index (χ4v) is 2.60. The summed E-state index contributed by atoms with van der Waals surface area (Å²) in [5.74, 6) is -2.28. The number of rotatable bonds is 8. The van der Waals surface area contributed by atoms with Crippen molar-refractivity contribution in [2.24, 2.45) is 0 Å². The molecule has 1 unspecified atom stereocenters. The molecule has 0 aliphatic heterocycles. The first-order valence-electron chi connectivity index (χ1n) is 8.36. The van der Waals surface area contributed by atoms with Crippen molar-refractivity contribution in [2.45, 2.75) is 19.4 Å². The molecule has 28 heavy (non-hydrogen) atoms. The van der Waals surface area contributed by atoms with E-state index in [2.05, 4.69) is 5.32 Å². The van der Waals surface area contributed by atoms with Crippen LogP contribution in [-0.4, -0.2) is 45.4 Å². The molecule has 0 spiro atoms. The number of aliphatic carboxylic acids is 1. The van der Waals surface area contributed by atoms with Crippen LogP contribution in [0.5, 0.6) is 0 Å². The lowest BCUT2D eigenvalue weighted by Gasteiger charge is -2.28. The summed E-state index contributed by atoms with van der Waals surface area (Å²) in [7, 11) is 0. The molecule has 2 N–H and O–H groups in total. The molecule has 2 amide bonds. The summed E-state index contributed by atoms with van der Waals surface area (Å²) < 4.78 is 0. The minimum Gasteiger partial charge on any atom is -0.480 e. The number of hydrogen-bond acceptors (Lipinski definition) is 5. The van der Waals surface area contributed by atoms with E-state index in [0.717, 1.165) is 10.5 Å². The third kappa shape index (κ3) is 5.37. The van der Waals surface area contributed by atoms with Gasteiger partial charge in [-0.15, -0.1) is 0 Å². The third-order valence-corrected chi connectivity index (χ3v) is 4.09. The fraction of sp³-hybridized carbons (Fsp3) is 0.211. The predicted octanol–water partition coefficient (Wildman–Crippen LogP) is 1.83. The highest BCUT2D eigenvalue weighted by molar-refractivity contribution is 5.94. The number of nitrogens with zero attached hydrogens (tertiary/aromatic N) is 2. The van der Waals surface area contributed by atoms with Gasteiger partial charge in [0, 0.05) is 31.0 Å². The van der Waals surface area contributed by atoms with Gasteiger partial charge in [0.2, 0.25) is 5.91 Å². The maximum Gasteiger partial charge on any atom is 0.326 e. The van der Waals surface area contributed by atoms with E-state index in [1.807, 2.05) is 0 Å². The van der Waals surface area contributed by atoms with Crippen LogP contribution in [0.1, 0.15) is 22.8 Å². The highest BCUT2D eigenvalue weighted by atomic mass is 16.6. The van der Waals surface area contributed by atoms with Crippen molar-refractivity contribution < 1.29 is 24.4 Å². The molecule has 1 atom stereocenters. The minimum atomic E-state index is -1.19. The molecule has 9 nitrogen and oxygen atoms in total. The second-order valence-corrected chi connectivity index (χ2v) is 6.00. The Hall–Kier alpha value is -3.75. The number of carbonyl (C=O) groups excluding carboxylic acids is 2. The van der Waals surface area contributed by atoms with Crippen molar-refractivity contribution in [1.29, 1.82) is 0 Å². The molecular formula is C19H19N3O6. The molecule has 0 saturated carbocycles. The Morgan fingerprint density at radius 2 is 1.71 bits per heavy atom. The number of carbonyl (C=O) groups is 3. The molecule has 0 fully saturated rings. The van der Waals surface area contributed by atoms with Crippen LogP contribution in [0.4, 0.5) is 5.69 Å². The van der Waals surface area contributed by atoms with Gasteiger partial charge in [0.25, 0.3) is 11.6 Å². The van der Waals surface area contributed by atoms with Crippen LogP contribution in [0.15, 0.2) is 54.6 Å². The maximum atomic E-state index is 12.2. The number of nitro groups is 1. The van der Waals surface area contributed by atoms with E-state index in [0.29, 0.717) is 0 Å². The molecule has 2 aromatic carbocycles. The Labute approximate surface area is 160 Å². The van der Waals surface area contributed by atoms with Gasteiger partial charge in [-0.25, -0.2) is 4.79 Å². The second kappa shape index (κ2) is 9.26. The van der Waals surface area contributed by atoms with Crippen LogP contribution < -0.4 is 5.32 Å². The Balaban J connectivity index is 2.09. The van der Waals surface area contributed by atoms with Gasteiger partial charge >= 0.3 is 5.97 Å². The summed E-state index contributed by atoms with van der Waals surface area (Å²) >= 11 is 0. The monoisotopic (exact) mass is 385 g/mol. The van der Waals surface area contributed by atoms with Crippen molar-refractivity contribution in [3.05, 3.63) is 75.8 Å². The molecule has 0 aromatic heterocycles. The van der Waals surface area contributed by atoms with Gasteiger partial charge < -0.3 is 15.3 Å².